The van der Waals surface area contributed by atoms with E-state index in [4.69, 9.17) is 9.47 Å². The lowest BCUT2D eigenvalue weighted by Gasteiger charge is -2.21. The Labute approximate surface area is 279 Å². The summed E-state index contributed by atoms with van der Waals surface area (Å²) in [6.07, 6.45) is 0. The van der Waals surface area contributed by atoms with Crippen molar-refractivity contribution in [1.29, 1.82) is 0 Å². The summed E-state index contributed by atoms with van der Waals surface area (Å²) in [6.45, 7) is 0.312. The highest BCUT2D eigenvalue weighted by Crippen LogP contribution is 2.48. The number of aliphatic hydroxyl groups excluding tert-OH is 2. The molecule has 0 amide bonds. The number of hydrogen-bond donors (Lipinski definition) is 2. The van der Waals surface area contributed by atoms with Gasteiger partial charge >= 0.3 is 0 Å². The fraction of sp³-hybridized carbons (Fsp3) is 0.0909. The molecule has 8 aromatic rings. The van der Waals surface area contributed by atoms with Crippen LogP contribution in [0.25, 0.3) is 76.5 Å². The van der Waals surface area contributed by atoms with Crippen LogP contribution in [0.3, 0.4) is 0 Å². The summed E-state index contributed by atoms with van der Waals surface area (Å²) in [5.41, 5.74) is 6.51. The molecular weight excluding hydrogens is 592 g/mol. The van der Waals surface area contributed by atoms with Crippen LogP contribution in [-0.2, 0) is 0 Å². The van der Waals surface area contributed by atoms with E-state index in [1.165, 1.54) is 0 Å². The summed E-state index contributed by atoms with van der Waals surface area (Å²) in [5.74, 6) is 1.49. The van der Waals surface area contributed by atoms with Gasteiger partial charge in [0.25, 0.3) is 0 Å². The van der Waals surface area contributed by atoms with Crippen molar-refractivity contribution >= 4 is 43.1 Å². The van der Waals surface area contributed by atoms with E-state index in [0.717, 1.165) is 88.0 Å². The van der Waals surface area contributed by atoms with Crippen molar-refractivity contribution in [2.75, 3.05) is 26.4 Å². The van der Waals surface area contributed by atoms with Crippen molar-refractivity contribution in [3.8, 4) is 44.9 Å². The van der Waals surface area contributed by atoms with E-state index < -0.39 is 0 Å². The third-order valence-corrected chi connectivity index (χ3v) is 9.08. The van der Waals surface area contributed by atoms with Crippen LogP contribution in [-0.4, -0.2) is 36.6 Å². The van der Waals surface area contributed by atoms with E-state index >= 15 is 0 Å². The lowest BCUT2D eigenvalue weighted by atomic mass is 9.83. The van der Waals surface area contributed by atoms with Gasteiger partial charge < -0.3 is 19.7 Å². The molecule has 234 valence electrons. The highest BCUT2D eigenvalue weighted by Gasteiger charge is 2.21. The van der Waals surface area contributed by atoms with Crippen molar-refractivity contribution in [2.45, 2.75) is 0 Å². The standard InChI is InChI=1S/C44H34O4/c45-21-23-47-41-27-33(25-31-11-3-5-13-35(31)41)39-19-17-29-9-1-7-15-37(29)43(39)44-38-16-8-2-10-30(38)18-20-40(44)34-26-32-12-4-6-14-36(32)42(28-34)48-24-22-46/h1-20,25-28,45-46H,21-24H2. The summed E-state index contributed by atoms with van der Waals surface area (Å²) in [4.78, 5) is 0. The average molecular weight is 627 g/mol. The maximum absolute atomic E-state index is 9.62. The Morgan fingerprint density at radius 2 is 0.750 bits per heavy atom. The lowest BCUT2D eigenvalue weighted by Crippen LogP contribution is -2.02. The van der Waals surface area contributed by atoms with E-state index in [1.54, 1.807) is 0 Å². The fourth-order valence-electron chi connectivity index (χ4n) is 6.97. The summed E-state index contributed by atoms with van der Waals surface area (Å²) in [7, 11) is 0. The van der Waals surface area contributed by atoms with Gasteiger partial charge in [0.1, 0.15) is 24.7 Å². The molecule has 0 fully saturated rings. The molecule has 0 aliphatic carbocycles. The zero-order chi connectivity index (χ0) is 32.5. The molecule has 8 aromatic carbocycles. The molecule has 0 heterocycles. The van der Waals surface area contributed by atoms with E-state index in [1.807, 2.05) is 24.3 Å². The maximum Gasteiger partial charge on any atom is 0.127 e. The molecule has 0 aromatic heterocycles. The Hall–Kier alpha value is -5.68. The van der Waals surface area contributed by atoms with Gasteiger partial charge in [0, 0.05) is 10.8 Å². The molecule has 4 heteroatoms. The second kappa shape index (κ2) is 12.8. The molecule has 0 bridgehead atoms. The van der Waals surface area contributed by atoms with Crippen LogP contribution in [0.5, 0.6) is 11.5 Å². The molecule has 4 nitrogen and oxygen atoms in total. The minimum atomic E-state index is -0.0606. The first-order valence-corrected chi connectivity index (χ1v) is 16.3. The molecule has 0 radical (unpaired) electrons. The second-order valence-electron chi connectivity index (χ2n) is 12.0. The maximum atomic E-state index is 9.62. The smallest absolute Gasteiger partial charge is 0.127 e. The normalized spacial score (nSPS) is 11.5. The van der Waals surface area contributed by atoms with Gasteiger partial charge in [-0.05, 0) is 90.0 Å². The van der Waals surface area contributed by atoms with Gasteiger partial charge in [0.15, 0.2) is 0 Å². The summed E-state index contributed by atoms with van der Waals surface area (Å²) >= 11 is 0. The number of benzene rings is 8. The van der Waals surface area contributed by atoms with E-state index in [2.05, 4.69) is 121 Å². The Morgan fingerprint density at radius 1 is 0.375 bits per heavy atom. The van der Waals surface area contributed by atoms with Crippen molar-refractivity contribution in [2.24, 2.45) is 0 Å². The molecule has 48 heavy (non-hydrogen) atoms. The van der Waals surface area contributed by atoms with E-state index in [9.17, 15) is 10.2 Å². The van der Waals surface area contributed by atoms with Gasteiger partial charge in [0.2, 0.25) is 0 Å². The monoisotopic (exact) mass is 626 g/mol. The predicted molar refractivity (Wildman–Crippen MR) is 198 cm³/mol. The molecule has 8 rings (SSSR count). The Morgan fingerprint density at radius 3 is 1.17 bits per heavy atom. The molecule has 0 atom stereocenters. The van der Waals surface area contributed by atoms with Gasteiger partial charge in [0.05, 0.1) is 13.2 Å². The van der Waals surface area contributed by atoms with Gasteiger partial charge in [-0.15, -0.1) is 0 Å². The van der Waals surface area contributed by atoms with Crippen LogP contribution in [0.2, 0.25) is 0 Å². The Bertz CT molecular complexity index is 2270. The van der Waals surface area contributed by atoms with Crippen molar-refractivity contribution < 1.29 is 19.7 Å². The van der Waals surface area contributed by atoms with Crippen LogP contribution >= 0.6 is 0 Å². The highest BCUT2D eigenvalue weighted by molar-refractivity contribution is 6.15. The van der Waals surface area contributed by atoms with Crippen LogP contribution < -0.4 is 9.47 Å². The third kappa shape index (κ3) is 5.31. The number of rotatable bonds is 9. The number of fused-ring (bicyclic) bond motifs is 4. The van der Waals surface area contributed by atoms with Gasteiger partial charge in [-0.2, -0.15) is 0 Å². The fourth-order valence-corrected chi connectivity index (χ4v) is 6.97. The van der Waals surface area contributed by atoms with E-state index in [-0.39, 0.29) is 26.4 Å². The second-order valence-corrected chi connectivity index (χ2v) is 12.0. The molecule has 0 saturated heterocycles. The Kier molecular flexibility index (Phi) is 7.95. The predicted octanol–water partition coefficient (Wildman–Crippen LogP) is 10.0. The average Bonchev–Trinajstić information content (AvgIpc) is 3.14. The van der Waals surface area contributed by atoms with Crippen LogP contribution in [0.4, 0.5) is 0 Å². The molecule has 0 aliphatic heterocycles. The lowest BCUT2D eigenvalue weighted by molar-refractivity contribution is 0.203. The first-order chi connectivity index (χ1) is 23.7. The van der Waals surface area contributed by atoms with Crippen LogP contribution in [0.1, 0.15) is 0 Å². The topological polar surface area (TPSA) is 58.9 Å². The largest absolute Gasteiger partial charge is 0.491 e. The number of ether oxygens (including phenoxy) is 2. The summed E-state index contributed by atoms with van der Waals surface area (Å²) < 4.78 is 12.3. The molecule has 0 aliphatic rings. The Balaban J connectivity index is 1.47. The first-order valence-electron chi connectivity index (χ1n) is 16.3. The zero-order valence-corrected chi connectivity index (χ0v) is 26.4. The number of aliphatic hydroxyl groups is 2. The SMILES string of the molecule is OCCOc1cc(-c2ccc3ccccc3c2-c2c(-c3cc(OCCO)c4ccccc4c3)ccc3ccccc23)cc2ccccc12. The van der Waals surface area contributed by atoms with Crippen LogP contribution in [0.15, 0.2) is 146 Å². The molecule has 2 N–H and O–H groups in total. The quantitative estimate of drug-likeness (QED) is 0.167. The summed E-state index contributed by atoms with van der Waals surface area (Å²) in [5, 5.41) is 28.0. The van der Waals surface area contributed by atoms with Gasteiger partial charge in [-0.3, -0.25) is 0 Å². The number of hydrogen-bond acceptors (Lipinski definition) is 4. The molecular formula is C44H34O4. The molecule has 0 unspecified atom stereocenters. The minimum absolute atomic E-state index is 0.0606. The van der Waals surface area contributed by atoms with Crippen molar-refractivity contribution in [3.05, 3.63) is 146 Å². The van der Waals surface area contributed by atoms with E-state index in [0.29, 0.717) is 0 Å². The first kappa shape index (κ1) is 29.7. The zero-order valence-electron chi connectivity index (χ0n) is 26.4. The van der Waals surface area contributed by atoms with Gasteiger partial charge in [-0.25, -0.2) is 0 Å². The summed E-state index contributed by atoms with van der Waals surface area (Å²) in [6, 6.07) is 51.1. The van der Waals surface area contributed by atoms with Crippen LogP contribution in [0, 0.1) is 0 Å². The molecule has 0 saturated carbocycles. The van der Waals surface area contributed by atoms with Crippen molar-refractivity contribution in [1.82, 2.24) is 0 Å². The van der Waals surface area contributed by atoms with Crippen molar-refractivity contribution in [3.63, 3.8) is 0 Å². The van der Waals surface area contributed by atoms with Gasteiger partial charge in [-0.1, -0.05) is 121 Å². The third-order valence-electron chi connectivity index (χ3n) is 9.08. The highest BCUT2D eigenvalue weighted by atomic mass is 16.5. The molecule has 0 spiro atoms. The minimum Gasteiger partial charge on any atom is -0.491 e.